The van der Waals surface area contributed by atoms with E-state index >= 15 is 0 Å². The van der Waals surface area contributed by atoms with E-state index in [0.29, 0.717) is 0 Å². The van der Waals surface area contributed by atoms with Crippen molar-refractivity contribution < 1.29 is 4.42 Å². The molecule has 6 aromatic rings. The van der Waals surface area contributed by atoms with Crippen LogP contribution < -0.4 is 26.4 Å². The van der Waals surface area contributed by atoms with Crippen molar-refractivity contribution in [2.24, 2.45) is 0 Å². The summed E-state index contributed by atoms with van der Waals surface area (Å²) < 4.78 is 7.44. The van der Waals surface area contributed by atoms with E-state index in [0.717, 1.165) is 24.1 Å². The van der Waals surface area contributed by atoms with Gasteiger partial charge in [0.15, 0.2) is 0 Å². The minimum absolute atomic E-state index is 0.0177. The first-order valence-electron chi connectivity index (χ1n) is 24.5. The summed E-state index contributed by atoms with van der Waals surface area (Å²) in [7, 11) is 0. The molecule has 0 spiro atoms. The Hall–Kier alpha value is -4.70. The van der Waals surface area contributed by atoms with Crippen LogP contribution in [0.1, 0.15) is 187 Å². The van der Waals surface area contributed by atoms with Gasteiger partial charge < -0.3 is 14.2 Å². The van der Waals surface area contributed by atoms with Crippen molar-refractivity contribution in [3.05, 3.63) is 123 Å². The lowest BCUT2D eigenvalue weighted by molar-refractivity contribution is 0.311. The predicted molar refractivity (Wildman–Crippen MR) is 275 cm³/mol. The molecule has 330 valence electrons. The van der Waals surface area contributed by atoms with Crippen LogP contribution in [-0.2, 0) is 37.9 Å². The van der Waals surface area contributed by atoms with Gasteiger partial charge in [0, 0.05) is 33.6 Å². The smallest absolute Gasteiger partial charge is 0.297 e. The molecule has 0 N–H and O–H groups in total. The summed E-state index contributed by atoms with van der Waals surface area (Å²) in [4.78, 5) is 5.41. The van der Waals surface area contributed by atoms with Crippen LogP contribution in [0.3, 0.4) is 0 Å². The van der Waals surface area contributed by atoms with Crippen LogP contribution in [0.4, 0.5) is 34.1 Å². The fourth-order valence-corrected chi connectivity index (χ4v) is 13.0. The molecule has 11 rings (SSSR count). The summed E-state index contributed by atoms with van der Waals surface area (Å²) in [5.74, 6) is 0. The lowest BCUT2D eigenvalue weighted by atomic mass is 9.34. The Balaban J connectivity index is 1.33. The molecular formula is C60H71BN2O. The molecule has 0 bridgehead atoms. The third-order valence-corrected chi connectivity index (χ3v) is 17.1. The monoisotopic (exact) mass is 847 g/mol. The standard InChI is InChI=1S/C60H71BN2O/c1-34-30-41-46(59(15,16)27-26-58(41,13)14)48-50(34)63-44-33-37(56(8,9)10)32-43-49(44)61(42-24-23-40-47(52(42)63)60(48,17)29-28-57(40,11)12)53-51(39-31-36(55(5,6)7)20-25-45(39)64-53)62(43)38-21-18-35(19-22-38)54(2,3)4/h18-25,30-33H,26-29H2,1-17H3. The summed E-state index contributed by atoms with van der Waals surface area (Å²) in [5, 5.41) is 1.19. The second kappa shape index (κ2) is 12.6. The summed E-state index contributed by atoms with van der Waals surface area (Å²) >= 11 is 0. The number of fused-ring (bicyclic) bond motifs is 11. The average Bonchev–Trinajstić information content (AvgIpc) is 3.58. The molecule has 4 heterocycles. The molecule has 4 heteroatoms. The first-order chi connectivity index (χ1) is 29.6. The Kier molecular flexibility index (Phi) is 8.26. The molecule has 3 aliphatic heterocycles. The summed E-state index contributed by atoms with van der Waals surface area (Å²) in [6.45, 7) is 41.2. The van der Waals surface area contributed by atoms with Crippen LogP contribution in [0, 0.1) is 6.92 Å². The number of aryl methyl sites for hydroxylation is 1. The van der Waals surface area contributed by atoms with E-state index < -0.39 is 0 Å². The molecule has 64 heavy (non-hydrogen) atoms. The summed E-state index contributed by atoms with van der Waals surface area (Å²) in [6.07, 6.45) is 4.68. The van der Waals surface area contributed by atoms with E-state index in [1.54, 1.807) is 22.3 Å². The molecule has 0 amide bonds. The highest BCUT2D eigenvalue weighted by Crippen LogP contribution is 2.65. The van der Waals surface area contributed by atoms with Crippen molar-refractivity contribution in [1.29, 1.82) is 0 Å². The number of rotatable bonds is 1. The third-order valence-electron chi connectivity index (χ3n) is 17.1. The zero-order chi connectivity index (χ0) is 45.8. The Bertz CT molecular complexity index is 3010. The van der Waals surface area contributed by atoms with Crippen molar-refractivity contribution in [2.45, 2.75) is 181 Å². The molecular weight excluding hydrogens is 775 g/mol. The van der Waals surface area contributed by atoms with Gasteiger partial charge in [-0.05, 0) is 162 Å². The molecule has 1 aromatic heterocycles. The van der Waals surface area contributed by atoms with Crippen molar-refractivity contribution >= 4 is 68.4 Å². The Morgan fingerprint density at radius 2 is 1.09 bits per heavy atom. The lowest BCUT2D eigenvalue weighted by Crippen LogP contribution is -2.63. The number of benzene rings is 5. The highest BCUT2D eigenvalue weighted by atomic mass is 16.3. The number of hydrogen-bond acceptors (Lipinski definition) is 3. The molecule has 5 aromatic carbocycles. The van der Waals surface area contributed by atoms with Gasteiger partial charge in [-0.25, -0.2) is 0 Å². The normalized spacial score (nSPS) is 21.0. The fourth-order valence-electron chi connectivity index (χ4n) is 13.0. The Labute approximate surface area is 385 Å². The Morgan fingerprint density at radius 1 is 0.516 bits per heavy atom. The SMILES string of the molecule is Cc1cc2c(c3c1N1c4cc(C(C)(C)C)cc5c4B(c4ccc6c(c41)C3(C)CCC6(C)C)c1oc3ccc(C(C)(C)C)cc3c1N5c1ccc(C(C)(C)C)cc1)C(C)(C)CCC2(C)C. The van der Waals surface area contributed by atoms with Gasteiger partial charge in [0.05, 0.1) is 17.0 Å². The van der Waals surface area contributed by atoms with Gasteiger partial charge in [0.1, 0.15) is 5.58 Å². The number of anilines is 6. The topological polar surface area (TPSA) is 19.6 Å². The lowest BCUT2D eigenvalue weighted by Gasteiger charge is -2.57. The number of nitrogens with zero attached hydrogens (tertiary/aromatic N) is 2. The zero-order valence-corrected chi connectivity index (χ0v) is 42.1. The summed E-state index contributed by atoms with van der Waals surface area (Å²) in [5.41, 5.74) is 25.7. The van der Waals surface area contributed by atoms with E-state index in [2.05, 4.69) is 200 Å². The van der Waals surface area contributed by atoms with Crippen LogP contribution in [0.5, 0.6) is 0 Å². The van der Waals surface area contributed by atoms with Gasteiger partial charge >= 0.3 is 0 Å². The second-order valence-electron chi connectivity index (χ2n) is 26.1. The van der Waals surface area contributed by atoms with Crippen molar-refractivity contribution in [2.75, 3.05) is 9.80 Å². The largest absolute Gasteiger partial charge is 0.468 e. The van der Waals surface area contributed by atoms with E-state index in [9.17, 15) is 0 Å². The third kappa shape index (κ3) is 5.53. The van der Waals surface area contributed by atoms with Gasteiger partial charge in [0.2, 0.25) is 0 Å². The Morgan fingerprint density at radius 3 is 1.73 bits per heavy atom. The molecule has 0 saturated carbocycles. The minimum atomic E-state index is -0.154. The van der Waals surface area contributed by atoms with E-state index in [1.807, 2.05) is 0 Å². The average molecular weight is 847 g/mol. The van der Waals surface area contributed by atoms with Crippen LogP contribution >= 0.6 is 0 Å². The molecule has 5 aliphatic rings. The number of hydrogen-bond donors (Lipinski definition) is 0. The zero-order valence-electron chi connectivity index (χ0n) is 42.1. The first kappa shape index (κ1) is 42.0. The first-order valence-corrected chi connectivity index (χ1v) is 24.5. The molecule has 3 nitrogen and oxygen atoms in total. The van der Waals surface area contributed by atoms with Gasteiger partial charge in [0.25, 0.3) is 6.71 Å². The molecule has 1 unspecified atom stereocenters. The van der Waals surface area contributed by atoms with E-state index in [4.69, 9.17) is 4.42 Å². The van der Waals surface area contributed by atoms with E-state index in [1.165, 1.54) is 91.1 Å². The van der Waals surface area contributed by atoms with Crippen molar-refractivity contribution in [3.63, 3.8) is 0 Å². The number of furan rings is 1. The van der Waals surface area contributed by atoms with E-state index in [-0.39, 0.29) is 44.6 Å². The van der Waals surface area contributed by atoms with Gasteiger partial charge in [-0.3, -0.25) is 0 Å². The van der Waals surface area contributed by atoms with Gasteiger partial charge in [-0.1, -0.05) is 147 Å². The van der Waals surface area contributed by atoms with Crippen LogP contribution in [-0.4, -0.2) is 6.71 Å². The molecule has 0 saturated heterocycles. The fraction of sp³-hybridized carbons (Fsp3) is 0.467. The quantitative estimate of drug-likeness (QED) is 0.153. The van der Waals surface area contributed by atoms with Gasteiger partial charge in [-0.2, -0.15) is 0 Å². The minimum Gasteiger partial charge on any atom is -0.468 e. The second-order valence-corrected chi connectivity index (χ2v) is 26.1. The maximum atomic E-state index is 7.44. The van der Waals surface area contributed by atoms with Crippen LogP contribution in [0.2, 0.25) is 0 Å². The maximum absolute atomic E-state index is 7.44. The van der Waals surface area contributed by atoms with Gasteiger partial charge in [-0.15, -0.1) is 0 Å². The summed E-state index contributed by atoms with van der Waals surface area (Å²) in [6, 6.07) is 29.3. The molecule has 1 atom stereocenters. The van der Waals surface area contributed by atoms with Crippen LogP contribution in [0.25, 0.3) is 11.0 Å². The highest BCUT2D eigenvalue weighted by molar-refractivity contribution is 7.00. The van der Waals surface area contributed by atoms with Crippen molar-refractivity contribution in [1.82, 2.24) is 0 Å². The molecule has 0 radical (unpaired) electrons. The van der Waals surface area contributed by atoms with Crippen molar-refractivity contribution in [3.8, 4) is 0 Å². The molecule has 0 fully saturated rings. The predicted octanol–water partition coefficient (Wildman–Crippen LogP) is 14.8. The highest BCUT2D eigenvalue weighted by Gasteiger charge is 2.57. The van der Waals surface area contributed by atoms with Crippen LogP contribution in [0.15, 0.2) is 77.2 Å². The molecule has 2 aliphatic carbocycles. The maximum Gasteiger partial charge on any atom is 0.297 e.